The highest BCUT2D eigenvalue weighted by Gasteiger charge is 2.30. The summed E-state index contributed by atoms with van der Waals surface area (Å²) in [6, 6.07) is 25.0. The largest absolute Gasteiger partial charge is 0.478 e. The Balaban J connectivity index is 1.30. The van der Waals surface area contributed by atoms with Crippen molar-refractivity contribution in [2.45, 2.75) is 32.8 Å². The number of rotatable bonds is 7. The molecule has 1 aliphatic heterocycles. The predicted octanol–water partition coefficient (Wildman–Crippen LogP) is 5.01. The van der Waals surface area contributed by atoms with E-state index in [1.54, 1.807) is 13.8 Å². The molecule has 4 rings (SSSR count). The van der Waals surface area contributed by atoms with Gasteiger partial charge in [-0.1, -0.05) is 37.3 Å². The molecule has 1 saturated heterocycles. The van der Waals surface area contributed by atoms with Crippen molar-refractivity contribution >= 4 is 23.2 Å². The molecule has 6 nitrogen and oxygen atoms in total. The van der Waals surface area contributed by atoms with Crippen LogP contribution < -0.4 is 15.0 Å². The molecule has 0 bridgehead atoms. The van der Waals surface area contributed by atoms with E-state index in [0.29, 0.717) is 24.5 Å². The first-order chi connectivity index (χ1) is 16.9. The van der Waals surface area contributed by atoms with Gasteiger partial charge in [0.2, 0.25) is 0 Å². The van der Waals surface area contributed by atoms with Crippen LogP contribution in [-0.4, -0.2) is 48.5 Å². The van der Waals surface area contributed by atoms with Gasteiger partial charge in [-0.3, -0.25) is 9.59 Å². The SMILES string of the molecule is CCc1ccc(C(=O)N2CCN(c3ccc(NC(=O)C(C)(C)Oc4ccccc4)cc3)CC2)cc1. The van der Waals surface area contributed by atoms with Crippen LogP contribution in [0.5, 0.6) is 5.75 Å². The number of anilines is 2. The monoisotopic (exact) mass is 471 g/mol. The van der Waals surface area contributed by atoms with E-state index >= 15 is 0 Å². The zero-order chi connectivity index (χ0) is 24.8. The van der Waals surface area contributed by atoms with E-state index in [0.717, 1.165) is 30.8 Å². The number of aryl methyl sites for hydroxylation is 1. The lowest BCUT2D eigenvalue weighted by molar-refractivity contribution is -0.128. The third kappa shape index (κ3) is 6.01. The van der Waals surface area contributed by atoms with Crippen LogP contribution in [0.2, 0.25) is 0 Å². The highest BCUT2D eigenvalue weighted by molar-refractivity contribution is 5.97. The first-order valence-electron chi connectivity index (χ1n) is 12.1. The van der Waals surface area contributed by atoms with Gasteiger partial charge < -0.3 is 19.9 Å². The van der Waals surface area contributed by atoms with Crippen molar-refractivity contribution in [2.24, 2.45) is 0 Å². The second-order valence-electron chi connectivity index (χ2n) is 9.26. The highest BCUT2D eigenvalue weighted by Crippen LogP contribution is 2.23. The molecular formula is C29H33N3O3. The zero-order valence-corrected chi connectivity index (χ0v) is 20.7. The molecular weight excluding hydrogens is 438 g/mol. The Morgan fingerprint density at radius 2 is 1.49 bits per heavy atom. The Labute approximate surface area is 207 Å². The van der Waals surface area contributed by atoms with E-state index in [9.17, 15) is 9.59 Å². The van der Waals surface area contributed by atoms with Gasteiger partial charge in [-0.15, -0.1) is 0 Å². The van der Waals surface area contributed by atoms with Crippen LogP contribution in [0.25, 0.3) is 0 Å². The van der Waals surface area contributed by atoms with Crippen molar-refractivity contribution in [2.75, 3.05) is 36.4 Å². The first-order valence-corrected chi connectivity index (χ1v) is 12.1. The van der Waals surface area contributed by atoms with Crippen molar-refractivity contribution < 1.29 is 14.3 Å². The second-order valence-corrected chi connectivity index (χ2v) is 9.26. The predicted molar refractivity (Wildman–Crippen MR) is 140 cm³/mol. The Morgan fingerprint density at radius 1 is 0.857 bits per heavy atom. The maximum atomic E-state index is 12.8. The number of amides is 2. The standard InChI is InChI=1S/C29H33N3O3/c1-4-22-10-12-23(13-11-22)27(33)32-20-18-31(19-21-32)25-16-14-24(15-17-25)30-28(34)29(2,3)35-26-8-6-5-7-9-26/h5-17H,4,18-21H2,1-3H3,(H,30,34). The minimum absolute atomic E-state index is 0.0886. The number of benzene rings is 3. The summed E-state index contributed by atoms with van der Waals surface area (Å²) in [6.07, 6.45) is 0.967. The van der Waals surface area contributed by atoms with Gasteiger partial charge in [0.1, 0.15) is 5.75 Å². The fourth-order valence-corrected chi connectivity index (χ4v) is 4.10. The molecule has 0 unspecified atom stereocenters. The number of para-hydroxylation sites is 1. The van der Waals surface area contributed by atoms with E-state index in [1.165, 1.54) is 5.56 Å². The lowest BCUT2D eigenvalue weighted by Crippen LogP contribution is -2.48. The van der Waals surface area contributed by atoms with Crippen molar-refractivity contribution in [1.29, 1.82) is 0 Å². The zero-order valence-electron chi connectivity index (χ0n) is 20.7. The summed E-state index contributed by atoms with van der Waals surface area (Å²) in [4.78, 5) is 29.8. The third-order valence-electron chi connectivity index (χ3n) is 6.33. The summed E-state index contributed by atoms with van der Waals surface area (Å²) in [7, 11) is 0. The lowest BCUT2D eigenvalue weighted by atomic mass is 10.1. The minimum atomic E-state index is -1.01. The molecule has 182 valence electrons. The van der Waals surface area contributed by atoms with Crippen LogP contribution in [0, 0.1) is 0 Å². The van der Waals surface area contributed by atoms with E-state index in [1.807, 2.05) is 83.8 Å². The second kappa shape index (κ2) is 10.6. The van der Waals surface area contributed by atoms with Crippen molar-refractivity contribution in [3.63, 3.8) is 0 Å². The van der Waals surface area contributed by atoms with Gasteiger partial charge in [-0.25, -0.2) is 0 Å². The molecule has 0 saturated carbocycles. The van der Waals surface area contributed by atoms with Crippen LogP contribution in [0.3, 0.4) is 0 Å². The number of nitrogens with zero attached hydrogens (tertiary/aromatic N) is 2. The van der Waals surface area contributed by atoms with Gasteiger partial charge in [0.15, 0.2) is 5.60 Å². The van der Waals surface area contributed by atoms with Gasteiger partial charge in [0, 0.05) is 43.1 Å². The maximum Gasteiger partial charge on any atom is 0.267 e. The molecule has 0 aliphatic carbocycles. The molecule has 6 heteroatoms. The fraction of sp³-hybridized carbons (Fsp3) is 0.310. The fourth-order valence-electron chi connectivity index (χ4n) is 4.10. The average molecular weight is 472 g/mol. The molecule has 1 N–H and O–H groups in total. The number of hydrogen-bond donors (Lipinski definition) is 1. The Morgan fingerprint density at radius 3 is 2.09 bits per heavy atom. The molecule has 0 aromatic heterocycles. The van der Waals surface area contributed by atoms with Gasteiger partial charge >= 0.3 is 0 Å². The summed E-state index contributed by atoms with van der Waals surface area (Å²) >= 11 is 0. The smallest absolute Gasteiger partial charge is 0.267 e. The molecule has 0 atom stereocenters. The average Bonchev–Trinajstić information content (AvgIpc) is 2.89. The molecule has 1 fully saturated rings. The van der Waals surface area contributed by atoms with Gasteiger partial charge in [0.05, 0.1) is 0 Å². The van der Waals surface area contributed by atoms with Gasteiger partial charge in [-0.05, 0) is 74.4 Å². The number of carbonyl (C=O) groups excluding carboxylic acids is 2. The van der Waals surface area contributed by atoms with Crippen LogP contribution in [0.15, 0.2) is 78.9 Å². The third-order valence-corrected chi connectivity index (χ3v) is 6.33. The summed E-state index contributed by atoms with van der Waals surface area (Å²) < 4.78 is 5.88. The van der Waals surface area contributed by atoms with Crippen LogP contribution in [-0.2, 0) is 11.2 Å². The molecule has 1 heterocycles. The maximum absolute atomic E-state index is 12.8. The molecule has 2 amide bonds. The molecule has 35 heavy (non-hydrogen) atoms. The van der Waals surface area contributed by atoms with Gasteiger partial charge in [-0.2, -0.15) is 0 Å². The van der Waals surface area contributed by atoms with E-state index < -0.39 is 5.60 Å². The number of carbonyl (C=O) groups is 2. The Hall–Kier alpha value is -3.80. The molecule has 3 aromatic carbocycles. The van der Waals surface area contributed by atoms with E-state index in [2.05, 4.69) is 17.1 Å². The first kappa shape index (κ1) is 24.3. The number of nitrogens with one attached hydrogen (secondary N) is 1. The summed E-state index contributed by atoms with van der Waals surface area (Å²) in [5, 5.41) is 2.95. The van der Waals surface area contributed by atoms with Crippen molar-refractivity contribution in [3.8, 4) is 5.75 Å². The molecule has 3 aromatic rings. The van der Waals surface area contributed by atoms with E-state index in [4.69, 9.17) is 4.74 Å². The Kier molecular flexibility index (Phi) is 7.39. The minimum Gasteiger partial charge on any atom is -0.478 e. The van der Waals surface area contributed by atoms with Crippen LogP contribution in [0.4, 0.5) is 11.4 Å². The molecule has 0 radical (unpaired) electrons. The molecule has 0 spiro atoms. The van der Waals surface area contributed by atoms with Crippen molar-refractivity contribution in [3.05, 3.63) is 90.0 Å². The highest BCUT2D eigenvalue weighted by atomic mass is 16.5. The van der Waals surface area contributed by atoms with Crippen LogP contribution in [0.1, 0.15) is 36.7 Å². The summed E-state index contributed by atoms with van der Waals surface area (Å²) in [6.45, 7) is 8.50. The number of ether oxygens (including phenoxy) is 1. The van der Waals surface area contributed by atoms with Gasteiger partial charge in [0.25, 0.3) is 11.8 Å². The Bertz CT molecular complexity index is 1130. The summed E-state index contributed by atoms with van der Waals surface area (Å²) in [5.41, 5.74) is 2.75. The lowest BCUT2D eigenvalue weighted by Gasteiger charge is -2.36. The molecule has 1 aliphatic rings. The summed E-state index contributed by atoms with van der Waals surface area (Å²) in [5.74, 6) is 0.525. The topological polar surface area (TPSA) is 61.9 Å². The quantitative estimate of drug-likeness (QED) is 0.526. The van der Waals surface area contributed by atoms with Crippen LogP contribution >= 0.6 is 0 Å². The number of hydrogen-bond acceptors (Lipinski definition) is 4. The van der Waals surface area contributed by atoms with Crippen molar-refractivity contribution in [1.82, 2.24) is 4.90 Å². The normalized spacial score (nSPS) is 13.9. The van der Waals surface area contributed by atoms with E-state index in [-0.39, 0.29) is 11.8 Å². The number of piperazine rings is 1.